The van der Waals surface area contributed by atoms with Gasteiger partial charge in [-0.3, -0.25) is 14.3 Å². The number of aromatic nitrogens is 2. The van der Waals surface area contributed by atoms with Crippen LogP contribution in [0.1, 0.15) is 60.1 Å². The molecule has 0 bridgehead atoms. The van der Waals surface area contributed by atoms with Gasteiger partial charge in [0, 0.05) is 27.8 Å². The fourth-order valence-electron chi connectivity index (χ4n) is 5.07. The smallest absolute Gasteiger partial charge is 0.329 e. The lowest BCUT2D eigenvalue weighted by Crippen LogP contribution is -2.33. The molecule has 5 rings (SSSR count). The molecule has 11 heteroatoms. The van der Waals surface area contributed by atoms with Gasteiger partial charge in [0.25, 0.3) is 12.0 Å². The molecule has 2 heterocycles. The first-order valence-corrected chi connectivity index (χ1v) is 12.0. The molecule has 7 nitrogen and oxygen atoms in total. The number of methoxy groups -OCH3 is 1. The Morgan fingerprint density at radius 1 is 1.32 bits per heavy atom. The molecule has 0 aliphatic heterocycles. The van der Waals surface area contributed by atoms with Gasteiger partial charge in [0.1, 0.15) is 11.3 Å². The van der Waals surface area contributed by atoms with Crippen LogP contribution in [0.15, 0.2) is 15.7 Å². The SMILES string of the molecule is COc1c(-c2cc3c(s2)CCCC3C(N)CO)c(F)c(C(F)F)c2c(=O)[nH]c(=O)n(C3CC3)c12. The Balaban J connectivity index is 1.87. The molecule has 2 aliphatic carbocycles. The number of ether oxygens (including phenoxy) is 1. The quantitative estimate of drug-likeness (QED) is 0.484. The third-order valence-electron chi connectivity index (χ3n) is 6.78. The number of thiophene rings is 1. The summed E-state index contributed by atoms with van der Waals surface area (Å²) in [7, 11) is 1.26. The summed E-state index contributed by atoms with van der Waals surface area (Å²) in [5.74, 6) is -1.50. The molecule has 34 heavy (non-hydrogen) atoms. The van der Waals surface area contributed by atoms with Gasteiger partial charge in [-0.1, -0.05) is 0 Å². The molecule has 0 radical (unpaired) electrons. The van der Waals surface area contributed by atoms with Gasteiger partial charge in [-0.25, -0.2) is 18.0 Å². The lowest BCUT2D eigenvalue weighted by Gasteiger charge is -2.26. The van der Waals surface area contributed by atoms with Gasteiger partial charge in [0.15, 0.2) is 5.75 Å². The average molecular weight is 496 g/mol. The number of nitrogens with zero attached hydrogens (tertiary/aromatic N) is 1. The number of aliphatic hydroxyl groups excluding tert-OH is 1. The maximum absolute atomic E-state index is 15.8. The molecule has 182 valence electrons. The Bertz CT molecular complexity index is 1390. The predicted octanol–water partition coefficient (Wildman–Crippen LogP) is 3.58. The minimum Gasteiger partial charge on any atom is -0.494 e. The molecule has 0 amide bonds. The number of hydrogen-bond acceptors (Lipinski definition) is 6. The molecule has 0 spiro atoms. The fraction of sp³-hybridized carbons (Fsp3) is 0.478. The number of aliphatic hydroxyl groups is 1. The van der Waals surface area contributed by atoms with Crippen molar-refractivity contribution in [1.29, 1.82) is 0 Å². The van der Waals surface area contributed by atoms with Crippen molar-refractivity contribution in [2.45, 2.75) is 56.5 Å². The maximum Gasteiger partial charge on any atom is 0.329 e. The Morgan fingerprint density at radius 3 is 2.68 bits per heavy atom. The number of halogens is 3. The van der Waals surface area contributed by atoms with E-state index >= 15 is 4.39 Å². The second kappa shape index (κ2) is 8.54. The number of alkyl halides is 2. The van der Waals surface area contributed by atoms with Crippen LogP contribution in [0, 0.1) is 5.82 Å². The van der Waals surface area contributed by atoms with E-state index in [2.05, 4.69) is 4.98 Å². The Morgan fingerprint density at radius 2 is 2.06 bits per heavy atom. The van der Waals surface area contributed by atoms with Crippen LogP contribution in [0.2, 0.25) is 0 Å². The van der Waals surface area contributed by atoms with Gasteiger partial charge in [0.05, 0.1) is 30.2 Å². The van der Waals surface area contributed by atoms with E-state index in [9.17, 15) is 23.5 Å². The van der Waals surface area contributed by atoms with Crippen molar-refractivity contribution in [1.82, 2.24) is 9.55 Å². The summed E-state index contributed by atoms with van der Waals surface area (Å²) in [6.45, 7) is -0.213. The summed E-state index contributed by atoms with van der Waals surface area (Å²) < 4.78 is 51.0. The zero-order chi connectivity index (χ0) is 24.3. The van der Waals surface area contributed by atoms with Crippen LogP contribution in [0.3, 0.4) is 0 Å². The number of aromatic amines is 1. The van der Waals surface area contributed by atoms with Crippen molar-refractivity contribution < 1.29 is 23.0 Å². The monoisotopic (exact) mass is 495 g/mol. The lowest BCUT2D eigenvalue weighted by atomic mass is 9.82. The van der Waals surface area contributed by atoms with E-state index in [1.807, 2.05) is 0 Å². The van der Waals surface area contributed by atoms with Gasteiger partial charge in [-0.05, 0) is 43.7 Å². The van der Waals surface area contributed by atoms with Crippen molar-refractivity contribution in [2.24, 2.45) is 5.73 Å². The summed E-state index contributed by atoms with van der Waals surface area (Å²) in [5, 5.41) is 9.00. The van der Waals surface area contributed by atoms with Crippen LogP contribution in [0.25, 0.3) is 21.3 Å². The highest BCUT2D eigenvalue weighted by molar-refractivity contribution is 7.15. The zero-order valence-corrected chi connectivity index (χ0v) is 19.2. The van der Waals surface area contributed by atoms with E-state index < -0.39 is 40.5 Å². The molecular formula is C23H24F3N3O4S. The van der Waals surface area contributed by atoms with E-state index in [1.54, 1.807) is 6.07 Å². The minimum atomic E-state index is -3.29. The standard InChI is InChI=1S/C23H24F3N3O4S/c1-33-20-15(14-7-11-10(12(27)8-30)3-2-4-13(11)34-14)18(24)16(21(25)26)17-19(20)29(9-5-6-9)23(32)28-22(17)31/h7,9-10,12,21,30H,2-6,8,27H2,1H3,(H,28,31,32). The lowest BCUT2D eigenvalue weighted by molar-refractivity contribution is 0.148. The predicted molar refractivity (Wildman–Crippen MR) is 123 cm³/mol. The summed E-state index contributed by atoms with van der Waals surface area (Å²) >= 11 is 1.26. The molecule has 2 unspecified atom stereocenters. The molecule has 2 aromatic heterocycles. The normalized spacial score (nSPS) is 19.0. The van der Waals surface area contributed by atoms with Crippen molar-refractivity contribution >= 4 is 22.2 Å². The molecule has 1 fully saturated rings. The number of H-pyrrole nitrogens is 1. The number of benzene rings is 1. The molecular weight excluding hydrogens is 471 g/mol. The minimum absolute atomic E-state index is 0.111. The number of hydrogen-bond donors (Lipinski definition) is 3. The van der Waals surface area contributed by atoms with Gasteiger partial charge in [-0.15, -0.1) is 11.3 Å². The summed E-state index contributed by atoms with van der Waals surface area (Å²) in [5.41, 5.74) is 3.80. The largest absolute Gasteiger partial charge is 0.494 e. The number of fused-ring (bicyclic) bond motifs is 2. The topological polar surface area (TPSA) is 110 Å². The van der Waals surface area contributed by atoms with Crippen LogP contribution in [0.5, 0.6) is 5.75 Å². The summed E-state index contributed by atoms with van der Waals surface area (Å²) in [6, 6.07) is 0.932. The van der Waals surface area contributed by atoms with E-state index in [0.29, 0.717) is 17.7 Å². The highest BCUT2D eigenvalue weighted by Crippen LogP contribution is 2.49. The van der Waals surface area contributed by atoms with Crippen molar-refractivity contribution in [3.05, 3.63) is 48.7 Å². The summed E-state index contributed by atoms with van der Waals surface area (Å²) in [6.07, 6.45) is 0.288. The number of nitrogens with one attached hydrogen (secondary N) is 1. The number of rotatable bonds is 6. The van der Waals surface area contributed by atoms with Crippen molar-refractivity contribution in [2.75, 3.05) is 13.7 Å². The molecule has 2 atom stereocenters. The first-order valence-electron chi connectivity index (χ1n) is 11.1. The van der Waals surface area contributed by atoms with Crippen LogP contribution in [0.4, 0.5) is 13.2 Å². The van der Waals surface area contributed by atoms with Crippen LogP contribution in [-0.2, 0) is 6.42 Å². The van der Waals surface area contributed by atoms with Crippen LogP contribution >= 0.6 is 11.3 Å². The third kappa shape index (κ3) is 3.48. The van der Waals surface area contributed by atoms with Gasteiger partial charge < -0.3 is 15.6 Å². The van der Waals surface area contributed by atoms with E-state index in [1.165, 1.54) is 23.0 Å². The van der Waals surface area contributed by atoms with E-state index in [4.69, 9.17) is 10.5 Å². The van der Waals surface area contributed by atoms with Gasteiger partial charge >= 0.3 is 5.69 Å². The molecule has 4 N–H and O–H groups in total. The molecule has 0 saturated heterocycles. The molecule has 2 aliphatic rings. The zero-order valence-electron chi connectivity index (χ0n) is 18.4. The molecule has 1 aromatic carbocycles. The van der Waals surface area contributed by atoms with Gasteiger partial charge in [0.2, 0.25) is 0 Å². The fourth-order valence-corrected chi connectivity index (χ4v) is 6.38. The first-order chi connectivity index (χ1) is 16.3. The second-order valence-electron chi connectivity index (χ2n) is 8.85. The highest BCUT2D eigenvalue weighted by atomic mass is 32.1. The average Bonchev–Trinajstić information content (AvgIpc) is 3.54. The van der Waals surface area contributed by atoms with Crippen LogP contribution in [-0.4, -0.2) is 34.4 Å². The Labute approximate surface area is 196 Å². The highest BCUT2D eigenvalue weighted by Gasteiger charge is 2.36. The van der Waals surface area contributed by atoms with Crippen LogP contribution < -0.4 is 21.7 Å². The first kappa shape index (κ1) is 23.1. The van der Waals surface area contributed by atoms with Crippen molar-refractivity contribution in [3.8, 4) is 16.2 Å². The number of aryl methyl sites for hydroxylation is 1. The van der Waals surface area contributed by atoms with Gasteiger partial charge in [-0.2, -0.15) is 0 Å². The second-order valence-corrected chi connectivity index (χ2v) is 9.99. The Kier molecular flexibility index (Phi) is 5.81. The van der Waals surface area contributed by atoms with E-state index in [0.717, 1.165) is 29.7 Å². The molecule has 1 saturated carbocycles. The molecule has 3 aromatic rings. The third-order valence-corrected chi connectivity index (χ3v) is 8.01. The Hall–Kier alpha value is -2.63. The number of nitrogens with two attached hydrogens (primary N) is 1. The van der Waals surface area contributed by atoms with Crippen molar-refractivity contribution in [3.63, 3.8) is 0 Å². The maximum atomic E-state index is 15.8. The van der Waals surface area contributed by atoms with E-state index in [-0.39, 0.29) is 35.4 Å². The summed E-state index contributed by atoms with van der Waals surface area (Å²) in [4.78, 5) is 28.7.